The number of esters is 1. The predicted molar refractivity (Wildman–Crippen MR) is 343 cm³/mol. The molecule has 0 aromatic heterocycles. The van der Waals surface area contributed by atoms with Crippen LogP contribution in [0.25, 0.3) is 0 Å². The quantitative estimate of drug-likeness (QED) is 0.0161. The van der Waals surface area contributed by atoms with Crippen molar-refractivity contribution in [3.05, 3.63) is 122 Å². The molecule has 0 saturated heterocycles. The number of carbonyl (C=O) groups excluding carboxylic acids is 2. The first-order chi connectivity index (χ1) is 38.9. The highest BCUT2D eigenvalue weighted by atomic mass is 31.2. The molecule has 10 heteroatoms. The number of unbranched alkanes of at least 4 members (excludes halogenated alkanes) is 28. The number of hydrogen-bond donors (Lipinski definition) is 1. The lowest BCUT2D eigenvalue weighted by molar-refractivity contribution is -0.870. The molecule has 0 rings (SSSR count). The molecule has 0 saturated carbocycles. The zero-order valence-electron chi connectivity index (χ0n) is 52.2. The van der Waals surface area contributed by atoms with Gasteiger partial charge in [-0.3, -0.25) is 14.2 Å². The van der Waals surface area contributed by atoms with Gasteiger partial charge in [0.15, 0.2) is 0 Å². The number of ether oxygens (including phenoxy) is 1. The van der Waals surface area contributed by atoms with Crippen LogP contribution in [0, 0.1) is 0 Å². The number of phosphoric acid groups is 1. The van der Waals surface area contributed by atoms with E-state index in [4.69, 9.17) is 13.8 Å². The second-order valence-electron chi connectivity index (χ2n) is 22.7. The summed E-state index contributed by atoms with van der Waals surface area (Å²) in [6, 6.07) is -0.921. The highest BCUT2D eigenvalue weighted by molar-refractivity contribution is 7.45. The number of likely N-dealkylation sites (N-methyl/N-ethyl adjacent to an activating group) is 1. The average molecular weight is 1130 g/mol. The molecule has 0 spiro atoms. The molecule has 0 aliphatic heterocycles. The Labute approximate surface area is 493 Å². The molecule has 0 aliphatic carbocycles. The zero-order valence-corrected chi connectivity index (χ0v) is 53.1. The minimum atomic E-state index is -4.72. The monoisotopic (exact) mass is 1130 g/mol. The topological polar surface area (TPSA) is 114 Å². The van der Waals surface area contributed by atoms with E-state index < -0.39 is 26.6 Å². The number of quaternary nitrogens is 1. The Bertz CT molecular complexity index is 1780. The van der Waals surface area contributed by atoms with Gasteiger partial charge in [0.25, 0.3) is 7.82 Å². The molecule has 0 heterocycles. The summed E-state index contributed by atoms with van der Waals surface area (Å²) < 4.78 is 30.3. The molecule has 0 aliphatic rings. The fourth-order valence-corrected chi connectivity index (χ4v) is 9.52. The van der Waals surface area contributed by atoms with Crippen LogP contribution in [0.5, 0.6) is 0 Å². The Kier molecular flexibility index (Phi) is 56.0. The number of carbonyl (C=O) groups is 2. The van der Waals surface area contributed by atoms with Crippen LogP contribution in [0.1, 0.15) is 258 Å². The van der Waals surface area contributed by atoms with Crippen LogP contribution in [-0.2, 0) is 27.9 Å². The normalized spacial score (nSPS) is 14.4. The summed E-state index contributed by atoms with van der Waals surface area (Å²) in [5.41, 5.74) is 0. The first-order valence-electron chi connectivity index (χ1n) is 32.4. The summed E-state index contributed by atoms with van der Waals surface area (Å²) in [7, 11) is 1.14. The van der Waals surface area contributed by atoms with E-state index in [0.717, 1.165) is 83.5 Å². The second kappa shape index (κ2) is 58.6. The first-order valence-corrected chi connectivity index (χ1v) is 33.9. The maximum Gasteiger partial charge on any atom is 0.306 e. The zero-order chi connectivity index (χ0) is 58.6. The third-order valence-electron chi connectivity index (χ3n) is 13.8. The van der Waals surface area contributed by atoms with E-state index in [0.29, 0.717) is 17.4 Å². The van der Waals surface area contributed by atoms with Crippen molar-refractivity contribution in [3.8, 4) is 0 Å². The Balaban J connectivity index is 5.22. The minimum Gasteiger partial charge on any atom is -0.756 e. The van der Waals surface area contributed by atoms with Crippen LogP contribution in [0.15, 0.2) is 122 Å². The second-order valence-corrected chi connectivity index (χ2v) is 24.1. The highest BCUT2D eigenvalue weighted by Gasteiger charge is 2.27. The maximum atomic E-state index is 13.5. The molecule has 1 N–H and O–H groups in total. The lowest BCUT2D eigenvalue weighted by atomic mass is 10.0. The molecule has 3 atom stereocenters. The van der Waals surface area contributed by atoms with E-state index in [9.17, 15) is 19.0 Å². The third-order valence-corrected chi connectivity index (χ3v) is 14.8. The molecule has 80 heavy (non-hydrogen) atoms. The van der Waals surface area contributed by atoms with Crippen LogP contribution < -0.4 is 10.2 Å². The number of rotatable bonds is 57. The van der Waals surface area contributed by atoms with Crippen molar-refractivity contribution >= 4 is 19.7 Å². The van der Waals surface area contributed by atoms with Crippen molar-refractivity contribution < 1.29 is 37.3 Å². The van der Waals surface area contributed by atoms with Gasteiger partial charge in [-0.2, -0.15) is 0 Å². The van der Waals surface area contributed by atoms with Gasteiger partial charge in [0.2, 0.25) is 5.91 Å². The van der Waals surface area contributed by atoms with Crippen LogP contribution in [0.4, 0.5) is 0 Å². The van der Waals surface area contributed by atoms with Gasteiger partial charge in [-0.1, -0.05) is 277 Å². The van der Waals surface area contributed by atoms with Crippen LogP contribution in [0.3, 0.4) is 0 Å². The summed E-state index contributed by atoms with van der Waals surface area (Å²) in [5, 5.41) is 3.00. The molecule has 0 aromatic carbocycles. The Morgan fingerprint density at radius 1 is 0.463 bits per heavy atom. The minimum absolute atomic E-state index is 0.0380. The molecule has 458 valence electrons. The largest absolute Gasteiger partial charge is 0.756 e. The molecule has 3 unspecified atom stereocenters. The van der Waals surface area contributed by atoms with Crippen molar-refractivity contribution in [1.82, 2.24) is 5.32 Å². The Morgan fingerprint density at radius 2 is 0.850 bits per heavy atom. The third kappa shape index (κ3) is 59.0. The van der Waals surface area contributed by atoms with Gasteiger partial charge in [-0.25, -0.2) is 0 Å². The summed E-state index contributed by atoms with van der Waals surface area (Å²) in [6.07, 6.45) is 81.7. The maximum absolute atomic E-state index is 13.5. The molecule has 9 nitrogen and oxygen atoms in total. The number of nitrogens with zero attached hydrogens (tertiary/aromatic N) is 1. The van der Waals surface area contributed by atoms with E-state index in [1.165, 1.54) is 135 Å². The Morgan fingerprint density at radius 3 is 1.35 bits per heavy atom. The SMILES string of the molecule is CC\C=C/C=C/C=C/C=C\C=C\C=C\CCCCCC(=O)NC(COP(=O)([O-])OCC[N+](C)(C)C)C(/C=C\CCCCCCCCCCCC)OC(=O)CCCCCCCCCCCCCC/C=C\C/C=C\C/C=C\CCCCC. The smallest absolute Gasteiger partial charge is 0.306 e. The van der Waals surface area contributed by atoms with Crippen molar-refractivity contribution in [3.63, 3.8) is 0 Å². The number of amides is 1. The number of hydrogen-bond acceptors (Lipinski definition) is 7. The van der Waals surface area contributed by atoms with Crippen LogP contribution >= 0.6 is 7.82 Å². The summed E-state index contributed by atoms with van der Waals surface area (Å²) in [6.45, 7) is 6.63. The molecular weight excluding hydrogens is 1010 g/mol. The first kappa shape index (κ1) is 76.4. The van der Waals surface area contributed by atoms with E-state index in [-0.39, 0.29) is 31.3 Å². The van der Waals surface area contributed by atoms with Gasteiger partial charge in [-0.05, 0) is 89.5 Å². The van der Waals surface area contributed by atoms with Gasteiger partial charge < -0.3 is 28.5 Å². The number of allylic oxidation sites excluding steroid dienone is 19. The van der Waals surface area contributed by atoms with Gasteiger partial charge in [0.1, 0.15) is 19.3 Å². The number of phosphoric ester groups is 1. The van der Waals surface area contributed by atoms with Crippen LogP contribution in [0.2, 0.25) is 0 Å². The fourth-order valence-electron chi connectivity index (χ4n) is 8.80. The molecule has 0 aromatic rings. The molecule has 0 fully saturated rings. The van der Waals surface area contributed by atoms with E-state index in [1.54, 1.807) is 0 Å². The average Bonchev–Trinajstić information content (AvgIpc) is 3.42. The molecular formula is C70H121N2O7P. The summed E-state index contributed by atoms with van der Waals surface area (Å²) >= 11 is 0. The van der Waals surface area contributed by atoms with Crippen molar-refractivity contribution in [2.24, 2.45) is 0 Å². The molecule has 0 radical (unpaired) electrons. The van der Waals surface area contributed by atoms with Crippen molar-refractivity contribution in [1.29, 1.82) is 0 Å². The van der Waals surface area contributed by atoms with Crippen LogP contribution in [-0.4, -0.2) is 69.4 Å². The standard InChI is InChI=1S/C70H121N2O7P/c1-7-10-13-16-19-22-25-28-30-32-33-34-35-36-37-38-39-41-43-45-48-51-54-57-60-63-70(74)79-68(61-58-55-52-49-46-27-24-21-18-15-12-9-3)67(66-78-80(75,76)77-65-64-72(4,5)6)71-69(73)62-59-56-53-50-47-44-42-40-31-29-26-23-20-17-14-11-8-2/h11,14,17,19-20,22-23,26,28-31,33-34,40,42,44,47,58,61,67-68H,7-10,12-13,15-16,18,21,24-25,27,32,35-39,41,43,45-46,48-57,59-60,62-66H2,1-6H3,(H-,71,73,75,76)/b14-11-,20-17+,22-19-,26-23+,30-28-,31-29-,34-33-,42-40+,47-44+,61-58-. The van der Waals surface area contributed by atoms with E-state index >= 15 is 0 Å². The lowest BCUT2D eigenvalue weighted by Crippen LogP contribution is -2.47. The van der Waals surface area contributed by atoms with Gasteiger partial charge in [0.05, 0.1) is 33.8 Å². The number of nitrogens with one attached hydrogen (secondary N) is 1. The van der Waals surface area contributed by atoms with E-state index in [2.05, 4.69) is 74.7 Å². The van der Waals surface area contributed by atoms with E-state index in [1.807, 2.05) is 94.1 Å². The molecule has 1 amide bonds. The lowest BCUT2D eigenvalue weighted by Gasteiger charge is -2.30. The van der Waals surface area contributed by atoms with Gasteiger partial charge >= 0.3 is 5.97 Å². The van der Waals surface area contributed by atoms with Gasteiger partial charge in [0, 0.05) is 12.8 Å². The van der Waals surface area contributed by atoms with Crippen molar-refractivity contribution in [2.75, 3.05) is 40.9 Å². The molecule has 0 bridgehead atoms. The highest BCUT2D eigenvalue weighted by Crippen LogP contribution is 2.38. The van der Waals surface area contributed by atoms with Gasteiger partial charge in [-0.15, -0.1) is 0 Å². The predicted octanol–water partition coefficient (Wildman–Crippen LogP) is 19.6. The fraction of sp³-hybridized carbons (Fsp3) is 0.686. The summed E-state index contributed by atoms with van der Waals surface area (Å²) in [4.78, 5) is 40.0. The Hall–Kier alpha value is -3.59. The van der Waals surface area contributed by atoms with Crippen molar-refractivity contribution in [2.45, 2.75) is 270 Å². The summed E-state index contributed by atoms with van der Waals surface area (Å²) in [5.74, 6) is -0.599.